The van der Waals surface area contributed by atoms with E-state index in [-0.39, 0.29) is 18.1 Å². The van der Waals surface area contributed by atoms with E-state index in [1.54, 1.807) is 6.92 Å². The summed E-state index contributed by atoms with van der Waals surface area (Å²) in [4.78, 5) is 14.6. The van der Waals surface area contributed by atoms with E-state index in [0.29, 0.717) is 30.8 Å². The summed E-state index contributed by atoms with van der Waals surface area (Å²) in [6.07, 6.45) is 4.21. The van der Waals surface area contributed by atoms with Crippen LogP contribution in [0, 0.1) is 12.7 Å². The van der Waals surface area contributed by atoms with Crippen LogP contribution < -0.4 is 4.90 Å². The zero-order valence-corrected chi connectivity index (χ0v) is 12.1. The fraction of sp³-hybridized carbons (Fsp3) is 0.571. The monoisotopic (exact) mass is 305 g/mol. The highest BCUT2D eigenvalue weighted by molar-refractivity contribution is 5.35. The number of nitrogens with zero attached hydrogens (tertiary/aromatic N) is 5. The molecule has 2 aromatic rings. The second-order valence-corrected chi connectivity index (χ2v) is 5.73. The fourth-order valence-electron chi connectivity index (χ4n) is 3.29. The standard InChI is InChI=1S/C14H16FN5O2/c1-8-18-13(22-19-8)9-4-12-11(2-3-21-12)20(7-9)14-16-5-10(15)6-17-14/h5-6,9,11-12H,2-4,7H2,1H3/t9-,11-,12-/m0/s1. The molecule has 8 heteroatoms. The summed E-state index contributed by atoms with van der Waals surface area (Å²) >= 11 is 0. The Morgan fingerprint density at radius 1 is 1.32 bits per heavy atom. The van der Waals surface area contributed by atoms with Crippen LogP contribution >= 0.6 is 0 Å². The molecule has 0 radical (unpaired) electrons. The van der Waals surface area contributed by atoms with Gasteiger partial charge in [-0.25, -0.2) is 14.4 Å². The maximum absolute atomic E-state index is 13.1. The quantitative estimate of drug-likeness (QED) is 0.831. The lowest BCUT2D eigenvalue weighted by molar-refractivity contribution is 0.0755. The predicted molar refractivity (Wildman–Crippen MR) is 73.9 cm³/mol. The zero-order valence-electron chi connectivity index (χ0n) is 12.1. The van der Waals surface area contributed by atoms with E-state index in [9.17, 15) is 4.39 Å². The Hall–Kier alpha value is -2.09. The van der Waals surface area contributed by atoms with Gasteiger partial charge in [0.15, 0.2) is 11.6 Å². The number of piperidine rings is 1. The summed E-state index contributed by atoms with van der Waals surface area (Å²) in [6.45, 7) is 3.17. The third-order valence-electron chi connectivity index (χ3n) is 4.27. The van der Waals surface area contributed by atoms with Crippen molar-refractivity contribution in [2.45, 2.75) is 37.8 Å². The summed E-state index contributed by atoms with van der Waals surface area (Å²) in [5.74, 6) is 1.37. The fourth-order valence-corrected chi connectivity index (χ4v) is 3.29. The van der Waals surface area contributed by atoms with Crippen molar-refractivity contribution in [3.63, 3.8) is 0 Å². The molecule has 0 bridgehead atoms. The van der Waals surface area contributed by atoms with Crippen molar-refractivity contribution in [2.24, 2.45) is 0 Å². The molecule has 0 spiro atoms. The third-order valence-corrected chi connectivity index (χ3v) is 4.27. The lowest BCUT2D eigenvalue weighted by atomic mass is 9.90. The molecule has 3 atom stereocenters. The van der Waals surface area contributed by atoms with Gasteiger partial charge >= 0.3 is 0 Å². The van der Waals surface area contributed by atoms with Gasteiger partial charge in [-0.15, -0.1) is 0 Å². The van der Waals surface area contributed by atoms with Gasteiger partial charge in [-0.2, -0.15) is 4.98 Å². The second-order valence-electron chi connectivity index (χ2n) is 5.73. The van der Waals surface area contributed by atoms with E-state index >= 15 is 0 Å². The topological polar surface area (TPSA) is 77.2 Å². The van der Waals surface area contributed by atoms with Gasteiger partial charge in [-0.1, -0.05) is 5.16 Å². The van der Waals surface area contributed by atoms with Gasteiger partial charge in [-0.3, -0.25) is 0 Å². The summed E-state index contributed by atoms with van der Waals surface area (Å²) in [5, 5.41) is 3.86. The largest absolute Gasteiger partial charge is 0.376 e. The highest BCUT2D eigenvalue weighted by Gasteiger charge is 2.43. The van der Waals surface area contributed by atoms with Gasteiger partial charge in [0, 0.05) is 13.2 Å². The number of fused-ring (bicyclic) bond motifs is 1. The molecule has 2 fully saturated rings. The Bertz CT molecular complexity index is 662. The first kappa shape index (κ1) is 13.6. The minimum absolute atomic E-state index is 0.0641. The van der Waals surface area contributed by atoms with Crippen molar-refractivity contribution in [3.05, 3.63) is 29.9 Å². The molecule has 22 heavy (non-hydrogen) atoms. The maximum Gasteiger partial charge on any atom is 0.231 e. The number of aryl methyl sites for hydroxylation is 1. The smallest absolute Gasteiger partial charge is 0.231 e. The molecule has 116 valence electrons. The molecular formula is C14H16FN5O2. The minimum atomic E-state index is -0.441. The molecular weight excluding hydrogens is 289 g/mol. The van der Waals surface area contributed by atoms with Gasteiger partial charge in [0.2, 0.25) is 11.8 Å². The Labute approximate surface area is 126 Å². The number of aromatic nitrogens is 4. The van der Waals surface area contributed by atoms with Crippen molar-refractivity contribution in [3.8, 4) is 0 Å². The molecule has 2 aliphatic rings. The van der Waals surface area contributed by atoms with Crippen LogP contribution in [-0.4, -0.2) is 45.4 Å². The number of ether oxygens (including phenoxy) is 1. The van der Waals surface area contributed by atoms with Gasteiger partial charge in [0.1, 0.15) is 0 Å². The summed E-state index contributed by atoms with van der Waals surface area (Å²) < 4.78 is 24.2. The Kier molecular flexibility index (Phi) is 3.25. The predicted octanol–water partition coefficient (Wildman–Crippen LogP) is 1.46. The molecule has 2 aromatic heterocycles. The Morgan fingerprint density at radius 3 is 2.86 bits per heavy atom. The zero-order chi connectivity index (χ0) is 15.1. The molecule has 4 rings (SSSR count). The normalized spacial score (nSPS) is 27.9. The first-order valence-electron chi connectivity index (χ1n) is 7.36. The first-order valence-corrected chi connectivity index (χ1v) is 7.36. The Balaban J connectivity index is 1.64. The lowest BCUT2D eigenvalue weighted by Gasteiger charge is -2.39. The summed E-state index contributed by atoms with van der Waals surface area (Å²) in [7, 11) is 0. The van der Waals surface area contributed by atoms with E-state index in [0.717, 1.165) is 12.8 Å². The van der Waals surface area contributed by atoms with Crippen LogP contribution in [0.1, 0.15) is 30.5 Å². The van der Waals surface area contributed by atoms with Gasteiger partial charge < -0.3 is 14.2 Å². The number of rotatable bonds is 2. The van der Waals surface area contributed by atoms with Crippen molar-refractivity contribution in [2.75, 3.05) is 18.1 Å². The van der Waals surface area contributed by atoms with Crippen molar-refractivity contribution >= 4 is 5.95 Å². The van der Waals surface area contributed by atoms with E-state index in [2.05, 4.69) is 25.0 Å². The van der Waals surface area contributed by atoms with Crippen LogP contribution in [0.5, 0.6) is 0 Å². The molecule has 0 N–H and O–H groups in total. The molecule has 0 aliphatic carbocycles. The van der Waals surface area contributed by atoms with Gasteiger partial charge in [-0.05, 0) is 19.8 Å². The minimum Gasteiger partial charge on any atom is -0.376 e. The van der Waals surface area contributed by atoms with Crippen LogP contribution in [-0.2, 0) is 4.74 Å². The van der Waals surface area contributed by atoms with Crippen LogP contribution in [0.3, 0.4) is 0 Å². The number of hydrogen-bond acceptors (Lipinski definition) is 7. The number of anilines is 1. The second kappa shape index (κ2) is 5.28. The van der Waals surface area contributed by atoms with E-state index in [1.165, 1.54) is 12.4 Å². The molecule has 2 aliphatic heterocycles. The molecule has 7 nitrogen and oxygen atoms in total. The van der Waals surface area contributed by atoms with Crippen LogP contribution in [0.2, 0.25) is 0 Å². The lowest BCUT2D eigenvalue weighted by Crippen LogP contribution is -2.49. The highest BCUT2D eigenvalue weighted by Crippen LogP contribution is 2.37. The maximum atomic E-state index is 13.1. The number of hydrogen-bond donors (Lipinski definition) is 0. The van der Waals surface area contributed by atoms with Crippen molar-refractivity contribution < 1.29 is 13.7 Å². The number of halogens is 1. The average Bonchev–Trinajstić information content (AvgIpc) is 3.15. The van der Waals surface area contributed by atoms with Crippen LogP contribution in [0.15, 0.2) is 16.9 Å². The average molecular weight is 305 g/mol. The molecule has 4 heterocycles. The van der Waals surface area contributed by atoms with E-state index < -0.39 is 5.82 Å². The van der Waals surface area contributed by atoms with E-state index in [1.807, 2.05) is 0 Å². The molecule has 2 saturated heterocycles. The first-order chi connectivity index (χ1) is 10.7. The van der Waals surface area contributed by atoms with Crippen LogP contribution in [0.25, 0.3) is 0 Å². The highest BCUT2D eigenvalue weighted by atomic mass is 19.1. The Morgan fingerprint density at radius 2 is 2.14 bits per heavy atom. The van der Waals surface area contributed by atoms with Gasteiger partial charge in [0.05, 0.1) is 30.5 Å². The van der Waals surface area contributed by atoms with Crippen molar-refractivity contribution in [1.82, 2.24) is 20.1 Å². The third kappa shape index (κ3) is 2.33. The van der Waals surface area contributed by atoms with Crippen molar-refractivity contribution in [1.29, 1.82) is 0 Å². The molecule has 0 aromatic carbocycles. The molecule has 0 unspecified atom stereocenters. The van der Waals surface area contributed by atoms with Gasteiger partial charge in [0.25, 0.3) is 0 Å². The molecule has 0 amide bonds. The van der Waals surface area contributed by atoms with E-state index in [4.69, 9.17) is 9.26 Å². The summed E-state index contributed by atoms with van der Waals surface area (Å²) in [6, 6.07) is 0.214. The SMILES string of the molecule is Cc1noc([C@H]2C[C@@H]3OCC[C@@H]3N(c3ncc(F)cn3)C2)n1. The molecule has 0 saturated carbocycles. The summed E-state index contributed by atoms with van der Waals surface area (Å²) in [5.41, 5.74) is 0. The van der Waals surface area contributed by atoms with Crippen LogP contribution in [0.4, 0.5) is 10.3 Å².